The third-order valence-electron chi connectivity index (χ3n) is 4.00. The summed E-state index contributed by atoms with van der Waals surface area (Å²) in [4.78, 5) is 33.8. The van der Waals surface area contributed by atoms with Gasteiger partial charge in [0, 0.05) is 7.05 Å². The number of carbonyl (C=O) groups excluding carboxylic acids is 3. The Labute approximate surface area is 144 Å². The molecule has 1 aliphatic rings. The molecule has 0 saturated heterocycles. The Morgan fingerprint density at radius 1 is 1.00 bits per heavy atom. The molecule has 1 aliphatic carbocycles. The van der Waals surface area contributed by atoms with Crippen molar-refractivity contribution in [2.45, 2.75) is 58.0 Å². The number of likely N-dealkylation sites (N-methyl/N-ethyl adjacent to an activating group) is 1. The molecule has 3 amide bonds. The third kappa shape index (κ3) is 9.46. The number of rotatable bonds is 6. The van der Waals surface area contributed by atoms with Crippen LogP contribution in [-0.2, 0) is 14.4 Å². The van der Waals surface area contributed by atoms with E-state index >= 15 is 0 Å². The highest BCUT2D eigenvalue weighted by Gasteiger charge is 2.26. The van der Waals surface area contributed by atoms with Gasteiger partial charge < -0.3 is 27.4 Å². The van der Waals surface area contributed by atoms with Crippen molar-refractivity contribution in [1.82, 2.24) is 16.0 Å². The van der Waals surface area contributed by atoms with Crippen molar-refractivity contribution in [3.8, 4) is 0 Å². The number of nitrogens with one attached hydrogen (secondary N) is 3. The average Bonchev–Trinajstić information content (AvgIpc) is 2.59. The number of carbonyl (C=O) groups is 3. The van der Waals surface area contributed by atoms with Crippen LogP contribution in [0.1, 0.15) is 46.0 Å². The van der Waals surface area contributed by atoms with Crippen molar-refractivity contribution in [2.75, 3.05) is 20.1 Å². The van der Waals surface area contributed by atoms with Crippen LogP contribution in [0.25, 0.3) is 0 Å². The van der Waals surface area contributed by atoms with E-state index in [1.165, 1.54) is 39.2 Å². The van der Waals surface area contributed by atoms with Gasteiger partial charge in [0.2, 0.25) is 17.7 Å². The summed E-state index contributed by atoms with van der Waals surface area (Å²) < 4.78 is 0. The van der Waals surface area contributed by atoms with E-state index in [9.17, 15) is 14.4 Å². The Balaban J connectivity index is 0.000000620. The van der Waals surface area contributed by atoms with E-state index in [1.807, 2.05) is 0 Å². The number of hydrogen-bond donors (Lipinski definition) is 5. The molecule has 0 aromatic heterocycles. The molecule has 0 spiro atoms. The van der Waals surface area contributed by atoms with Crippen LogP contribution in [0.2, 0.25) is 0 Å². The highest BCUT2D eigenvalue weighted by atomic mass is 16.2. The van der Waals surface area contributed by atoms with Gasteiger partial charge in [-0.25, -0.2) is 0 Å². The molecular formula is C16H33N5O3. The molecular weight excluding hydrogens is 310 g/mol. The van der Waals surface area contributed by atoms with Gasteiger partial charge in [-0.3, -0.25) is 14.4 Å². The SMILES string of the molecule is CC1CCCCC1.CNC(=O)C(NC(=O)CN)[C@H](C)NC(=O)CN. The standard InChI is InChI=1S/C9H19N5O3.C7H14/c1-5(13-6(15)3-10)8(9(17)12-2)14-7(16)4-11;1-7-5-3-2-4-6-7/h5,8H,3-4,10-11H2,1-2H3,(H,12,17)(H,13,15)(H,14,16);7H,2-6H2,1H3/t5-,8?;/m0./s1. The molecule has 0 aromatic carbocycles. The molecule has 140 valence electrons. The molecule has 8 nitrogen and oxygen atoms in total. The minimum absolute atomic E-state index is 0.185. The lowest BCUT2D eigenvalue weighted by molar-refractivity contribution is -0.129. The number of nitrogens with two attached hydrogens (primary N) is 2. The first-order chi connectivity index (χ1) is 11.3. The average molecular weight is 343 g/mol. The van der Waals surface area contributed by atoms with Crippen LogP contribution in [0.3, 0.4) is 0 Å². The predicted molar refractivity (Wildman–Crippen MR) is 94.0 cm³/mol. The van der Waals surface area contributed by atoms with Gasteiger partial charge in [-0.05, 0) is 12.8 Å². The molecule has 7 N–H and O–H groups in total. The maximum absolute atomic E-state index is 11.5. The van der Waals surface area contributed by atoms with Crippen LogP contribution in [0.15, 0.2) is 0 Å². The number of hydrogen-bond acceptors (Lipinski definition) is 5. The zero-order valence-corrected chi connectivity index (χ0v) is 15.1. The van der Waals surface area contributed by atoms with Gasteiger partial charge in [-0.2, -0.15) is 0 Å². The summed E-state index contributed by atoms with van der Waals surface area (Å²) in [5.74, 6) is -0.272. The van der Waals surface area contributed by atoms with Crippen molar-refractivity contribution >= 4 is 17.7 Å². The van der Waals surface area contributed by atoms with Gasteiger partial charge in [0.15, 0.2) is 0 Å². The minimum atomic E-state index is -0.883. The molecule has 0 bridgehead atoms. The highest BCUT2D eigenvalue weighted by molar-refractivity contribution is 5.89. The van der Waals surface area contributed by atoms with Gasteiger partial charge in [-0.15, -0.1) is 0 Å². The molecule has 1 saturated carbocycles. The first-order valence-electron chi connectivity index (χ1n) is 8.56. The Morgan fingerprint density at radius 3 is 1.88 bits per heavy atom. The second-order valence-electron chi connectivity index (χ2n) is 6.17. The van der Waals surface area contributed by atoms with E-state index in [-0.39, 0.29) is 13.1 Å². The molecule has 24 heavy (non-hydrogen) atoms. The van der Waals surface area contributed by atoms with E-state index in [4.69, 9.17) is 11.5 Å². The van der Waals surface area contributed by atoms with E-state index < -0.39 is 29.8 Å². The van der Waals surface area contributed by atoms with E-state index in [0.717, 1.165) is 5.92 Å². The quantitative estimate of drug-likeness (QED) is 0.431. The molecule has 8 heteroatoms. The van der Waals surface area contributed by atoms with E-state index in [2.05, 4.69) is 22.9 Å². The monoisotopic (exact) mass is 343 g/mol. The van der Waals surface area contributed by atoms with Crippen LogP contribution in [0.4, 0.5) is 0 Å². The Bertz CT molecular complexity index is 397. The van der Waals surface area contributed by atoms with Crippen molar-refractivity contribution in [1.29, 1.82) is 0 Å². The van der Waals surface area contributed by atoms with Gasteiger partial charge in [-0.1, -0.05) is 39.0 Å². The van der Waals surface area contributed by atoms with Crippen LogP contribution in [0.5, 0.6) is 0 Å². The highest BCUT2D eigenvalue weighted by Crippen LogP contribution is 2.22. The fraction of sp³-hybridized carbons (Fsp3) is 0.812. The van der Waals surface area contributed by atoms with Crippen molar-refractivity contribution < 1.29 is 14.4 Å². The predicted octanol–water partition coefficient (Wildman–Crippen LogP) is -0.774. The van der Waals surface area contributed by atoms with Gasteiger partial charge in [0.05, 0.1) is 19.1 Å². The summed E-state index contributed by atoms with van der Waals surface area (Å²) in [7, 11) is 1.43. The Kier molecular flexibility index (Phi) is 11.8. The second kappa shape index (κ2) is 12.7. The molecule has 1 unspecified atom stereocenters. The topological polar surface area (TPSA) is 139 Å². The summed E-state index contributed by atoms with van der Waals surface area (Å²) in [6.45, 7) is 3.53. The zero-order chi connectivity index (χ0) is 18.5. The Morgan fingerprint density at radius 2 is 1.50 bits per heavy atom. The lowest BCUT2D eigenvalue weighted by atomic mass is 9.91. The van der Waals surface area contributed by atoms with Gasteiger partial charge >= 0.3 is 0 Å². The summed E-state index contributed by atoms with van der Waals surface area (Å²) in [5.41, 5.74) is 10.3. The van der Waals surface area contributed by atoms with Crippen LogP contribution in [0, 0.1) is 5.92 Å². The minimum Gasteiger partial charge on any atom is -0.357 e. The molecule has 0 aromatic rings. The van der Waals surface area contributed by atoms with Gasteiger partial charge in [0.1, 0.15) is 6.04 Å². The molecule has 0 aliphatic heterocycles. The molecule has 1 fully saturated rings. The summed E-state index contributed by atoms with van der Waals surface area (Å²) in [5, 5.41) is 7.30. The first kappa shape index (κ1) is 22.3. The lowest BCUT2D eigenvalue weighted by Crippen LogP contribution is -2.58. The second-order valence-corrected chi connectivity index (χ2v) is 6.17. The molecule has 2 atom stereocenters. The van der Waals surface area contributed by atoms with Crippen LogP contribution >= 0.6 is 0 Å². The van der Waals surface area contributed by atoms with Crippen molar-refractivity contribution in [3.63, 3.8) is 0 Å². The summed E-state index contributed by atoms with van der Waals surface area (Å²) in [6, 6.07) is -1.46. The molecule has 1 rings (SSSR count). The lowest BCUT2D eigenvalue weighted by Gasteiger charge is -2.24. The largest absolute Gasteiger partial charge is 0.357 e. The van der Waals surface area contributed by atoms with Crippen LogP contribution in [-0.4, -0.2) is 49.9 Å². The van der Waals surface area contributed by atoms with Crippen LogP contribution < -0.4 is 27.4 Å². The fourth-order valence-electron chi connectivity index (χ4n) is 2.51. The maximum Gasteiger partial charge on any atom is 0.244 e. The summed E-state index contributed by atoms with van der Waals surface area (Å²) in [6.07, 6.45) is 7.44. The zero-order valence-electron chi connectivity index (χ0n) is 15.1. The van der Waals surface area contributed by atoms with Crippen molar-refractivity contribution in [3.05, 3.63) is 0 Å². The normalized spacial score (nSPS) is 16.9. The Hall–Kier alpha value is -1.67. The number of amides is 3. The van der Waals surface area contributed by atoms with E-state index in [0.29, 0.717) is 0 Å². The molecule has 0 heterocycles. The first-order valence-corrected chi connectivity index (χ1v) is 8.56. The fourth-order valence-corrected chi connectivity index (χ4v) is 2.51. The van der Waals surface area contributed by atoms with Crippen molar-refractivity contribution in [2.24, 2.45) is 17.4 Å². The third-order valence-corrected chi connectivity index (χ3v) is 4.00. The maximum atomic E-state index is 11.5. The molecule has 0 radical (unpaired) electrons. The van der Waals surface area contributed by atoms with Gasteiger partial charge in [0.25, 0.3) is 0 Å². The summed E-state index contributed by atoms with van der Waals surface area (Å²) >= 11 is 0. The van der Waals surface area contributed by atoms with E-state index in [1.54, 1.807) is 6.92 Å². The smallest absolute Gasteiger partial charge is 0.244 e.